The van der Waals surface area contributed by atoms with Gasteiger partial charge in [0, 0.05) is 12.4 Å². The van der Waals surface area contributed by atoms with Gasteiger partial charge in [0.1, 0.15) is 5.75 Å². The second-order valence-corrected chi connectivity index (χ2v) is 5.08. The maximum atomic E-state index is 13.1. The molecule has 0 unspecified atom stereocenters. The second kappa shape index (κ2) is 6.21. The lowest BCUT2D eigenvalue weighted by Gasteiger charge is -2.29. The molecule has 0 amide bonds. The number of aromatic nitrogens is 2. The number of ether oxygens (including phenoxy) is 3. The first-order valence-electron chi connectivity index (χ1n) is 7.02. The maximum Gasteiger partial charge on any atom is 0.447 e. The molecule has 0 radical (unpaired) electrons. The molecular weight excluding hydrogens is 313 g/mol. The quantitative estimate of drug-likeness (QED) is 0.846. The molecule has 0 saturated carbocycles. The minimum atomic E-state index is -4.65. The van der Waals surface area contributed by atoms with Crippen LogP contribution in [0.5, 0.6) is 5.75 Å². The Balaban J connectivity index is 1.62. The van der Waals surface area contributed by atoms with Gasteiger partial charge >= 0.3 is 12.0 Å². The second-order valence-electron chi connectivity index (χ2n) is 5.08. The Labute approximate surface area is 130 Å². The van der Waals surface area contributed by atoms with Gasteiger partial charge in [-0.25, -0.2) is 0 Å². The van der Waals surface area contributed by atoms with Gasteiger partial charge in [0.05, 0.1) is 19.8 Å². The van der Waals surface area contributed by atoms with Gasteiger partial charge in [-0.3, -0.25) is 4.68 Å². The smallest absolute Gasteiger partial charge is 0.447 e. The van der Waals surface area contributed by atoms with Crippen LogP contribution in [0.1, 0.15) is 5.56 Å². The number of hydrogen-bond acceptors (Lipinski definition) is 4. The Morgan fingerprint density at radius 3 is 2.43 bits per heavy atom. The average Bonchev–Trinajstić information content (AvgIpc) is 3.17. The van der Waals surface area contributed by atoms with Crippen molar-refractivity contribution >= 4 is 0 Å². The molecule has 1 saturated heterocycles. The van der Waals surface area contributed by atoms with Crippen LogP contribution in [0.4, 0.5) is 13.2 Å². The molecule has 124 valence electrons. The van der Waals surface area contributed by atoms with Crippen molar-refractivity contribution in [3.63, 3.8) is 0 Å². The van der Waals surface area contributed by atoms with Crippen molar-refractivity contribution in [3.8, 4) is 5.75 Å². The van der Waals surface area contributed by atoms with E-state index in [0.29, 0.717) is 12.3 Å². The van der Waals surface area contributed by atoms with Crippen LogP contribution in [0.2, 0.25) is 0 Å². The molecule has 0 atom stereocenters. The van der Waals surface area contributed by atoms with E-state index >= 15 is 0 Å². The topological polar surface area (TPSA) is 45.5 Å². The fourth-order valence-electron chi connectivity index (χ4n) is 2.23. The molecule has 3 rings (SSSR count). The minimum absolute atomic E-state index is 0.105. The summed E-state index contributed by atoms with van der Waals surface area (Å²) in [4.78, 5) is 0. The molecule has 1 fully saturated rings. The molecule has 1 aromatic heterocycles. The lowest BCUT2D eigenvalue weighted by molar-refractivity contribution is -0.350. The fourth-order valence-corrected chi connectivity index (χ4v) is 2.23. The highest BCUT2D eigenvalue weighted by molar-refractivity contribution is 5.27. The van der Waals surface area contributed by atoms with E-state index in [0.717, 1.165) is 5.56 Å². The third-order valence-corrected chi connectivity index (χ3v) is 3.44. The largest absolute Gasteiger partial charge is 0.488 e. The Hall–Kier alpha value is -2.06. The van der Waals surface area contributed by atoms with E-state index in [1.54, 1.807) is 35.1 Å². The molecule has 23 heavy (non-hydrogen) atoms. The number of hydrogen-bond donors (Lipinski definition) is 0. The van der Waals surface area contributed by atoms with E-state index in [4.69, 9.17) is 14.2 Å². The highest BCUT2D eigenvalue weighted by atomic mass is 19.4. The summed E-state index contributed by atoms with van der Waals surface area (Å²) in [6.07, 6.45) is -1.15. The monoisotopic (exact) mass is 328 g/mol. The molecule has 2 aromatic rings. The zero-order valence-electron chi connectivity index (χ0n) is 12.1. The van der Waals surface area contributed by atoms with Gasteiger partial charge in [0.2, 0.25) is 0 Å². The standard InChI is InChI=1S/C15H15F3N2O3/c16-15(17,18)14(22-8-9-23-14)11-21-13-4-2-12(3-5-13)10-20-7-1-6-19-20/h1-7H,8-11H2. The maximum absolute atomic E-state index is 13.1. The Morgan fingerprint density at radius 1 is 1.17 bits per heavy atom. The summed E-state index contributed by atoms with van der Waals surface area (Å²) < 4.78 is 55.6. The molecule has 0 aliphatic carbocycles. The van der Waals surface area contributed by atoms with E-state index in [9.17, 15) is 13.2 Å². The molecule has 5 nitrogen and oxygen atoms in total. The zero-order valence-corrected chi connectivity index (χ0v) is 12.1. The average molecular weight is 328 g/mol. The van der Waals surface area contributed by atoms with Crippen LogP contribution in [-0.4, -0.2) is 41.6 Å². The highest BCUT2D eigenvalue weighted by Crippen LogP contribution is 2.38. The van der Waals surface area contributed by atoms with Crippen LogP contribution in [-0.2, 0) is 16.0 Å². The van der Waals surface area contributed by atoms with Crippen molar-refractivity contribution in [2.75, 3.05) is 19.8 Å². The molecule has 0 spiro atoms. The Morgan fingerprint density at radius 2 is 1.87 bits per heavy atom. The van der Waals surface area contributed by atoms with Crippen molar-refractivity contribution in [1.82, 2.24) is 9.78 Å². The molecule has 1 aliphatic rings. The van der Waals surface area contributed by atoms with E-state index < -0.39 is 18.6 Å². The van der Waals surface area contributed by atoms with Crippen molar-refractivity contribution in [2.24, 2.45) is 0 Å². The van der Waals surface area contributed by atoms with Crippen molar-refractivity contribution in [2.45, 2.75) is 18.5 Å². The molecule has 1 aromatic carbocycles. The van der Waals surface area contributed by atoms with Crippen LogP contribution >= 0.6 is 0 Å². The number of alkyl halides is 3. The van der Waals surface area contributed by atoms with Crippen molar-refractivity contribution in [1.29, 1.82) is 0 Å². The van der Waals surface area contributed by atoms with Gasteiger partial charge in [-0.15, -0.1) is 0 Å². The SMILES string of the molecule is FC(F)(F)C1(COc2ccc(Cn3cccn3)cc2)OCCO1. The molecule has 8 heteroatoms. The van der Waals surface area contributed by atoms with E-state index in [1.807, 2.05) is 12.3 Å². The van der Waals surface area contributed by atoms with Gasteiger partial charge in [-0.2, -0.15) is 18.3 Å². The lowest BCUT2D eigenvalue weighted by Crippen LogP contribution is -2.51. The summed E-state index contributed by atoms with van der Waals surface area (Å²) in [5, 5.41) is 4.09. The van der Waals surface area contributed by atoms with Crippen molar-refractivity contribution in [3.05, 3.63) is 48.3 Å². The number of halogens is 3. The first kappa shape index (κ1) is 15.8. The predicted molar refractivity (Wildman–Crippen MR) is 74.0 cm³/mol. The number of rotatable bonds is 5. The fraction of sp³-hybridized carbons (Fsp3) is 0.400. The van der Waals surface area contributed by atoms with Gasteiger partial charge in [-0.1, -0.05) is 12.1 Å². The first-order chi connectivity index (χ1) is 11.0. The van der Waals surface area contributed by atoms with Crippen molar-refractivity contribution < 1.29 is 27.4 Å². The van der Waals surface area contributed by atoms with Crippen LogP contribution in [0.15, 0.2) is 42.7 Å². The summed E-state index contributed by atoms with van der Waals surface area (Å²) in [5.74, 6) is -2.36. The summed E-state index contributed by atoms with van der Waals surface area (Å²) in [5.41, 5.74) is 0.958. The molecule has 0 N–H and O–H groups in total. The van der Waals surface area contributed by atoms with E-state index in [1.165, 1.54) is 0 Å². The third kappa shape index (κ3) is 3.48. The normalized spacial score (nSPS) is 17.3. The predicted octanol–water partition coefficient (Wildman–Crippen LogP) is 2.62. The summed E-state index contributed by atoms with van der Waals surface area (Å²) in [6, 6.07) is 8.58. The van der Waals surface area contributed by atoms with E-state index in [2.05, 4.69) is 5.10 Å². The van der Waals surface area contributed by atoms with Crippen LogP contribution in [0, 0.1) is 0 Å². The minimum Gasteiger partial charge on any atom is -0.488 e. The lowest BCUT2D eigenvalue weighted by atomic mass is 10.2. The van der Waals surface area contributed by atoms with Gasteiger partial charge in [0.15, 0.2) is 6.61 Å². The van der Waals surface area contributed by atoms with Gasteiger partial charge in [0.25, 0.3) is 0 Å². The third-order valence-electron chi connectivity index (χ3n) is 3.44. The molecule has 2 heterocycles. The summed E-state index contributed by atoms with van der Waals surface area (Å²) >= 11 is 0. The van der Waals surface area contributed by atoms with Crippen LogP contribution < -0.4 is 4.74 Å². The molecule has 1 aliphatic heterocycles. The highest BCUT2D eigenvalue weighted by Gasteiger charge is 2.61. The van der Waals surface area contributed by atoms with Gasteiger partial charge in [-0.05, 0) is 23.8 Å². The molecule has 0 bridgehead atoms. The Kier molecular flexibility index (Phi) is 4.27. The zero-order chi connectivity index (χ0) is 16.3. The first-order valence-corrected chi connectivity index (χ1v) is 7.02. The summed E-state index contributed by atoms with van der Waals surface area (Å²) in [6.45, 7) is -0.377. The summed E-state index contributed by atoms with van der Waals surface area (Å²) in [7, 11) is 0. The van der Waals surface area contributed by atoms with Crippen LogP contribution in [0.25, 0.3) is 0 Å². The Bertz CT molecular complexity index is 620. The van der Waals surface area contributed by atoms with Gasteiger partial charge < -0.3 is 14.2 Å². The number of nitrogens with zero attached hydrogens (tertiary/aromatic N) is 2. The molecular formula is C15H15F3N2O3. The van der Waals surface area contributed by atoms with E-state index in [-0.39, 0.29) is 13.2 Å². The number of benzene rings is 1. The van der Waals surface area contributed by atoms with Crippen LogP contribution in [0.3, 0.4) is 0 Å².